The fourth-order valence-corrected chi connectivity index (χ4v) is 4.56. The molecule has 2 aliphatic rings. The largest absolute Gasteiger partial charge is 0.383 e. The summed E-state index contributed by atoms with van der Waals surface area (Å²) in [6, 6.07) is 12.4. The second-order valence-electron chi connectivity index (χ2n) is 7.44. The zero-order valence-electron chi connectivity index (χ0n) is 15.5. The van der Waals surface area contributed by atoms with Crippen LogP contribution in [0, 0.1) is 0 Å². The van der Waals surface area contributed by atoms with Crippen molar-refractivity contribution in [1.29, 1.82) is 0 Å². The van der Waals surface area contributed by atoms with Gasteiger partial charge in [-0.1, -0.05) is 24.3 Å². The number of carbonyl (C=O) groups excluding carboxylic acids is 1. The number of rotatable bonds is 5. The second kappa shape index (κ2) is 7.33. The van der Waals surface area contributed by atoms with E-state index < -0.39 is 0 Å². The van der Waals surface area contributed by atoms with Crippen molar-refractivity contribution in [3.8, 4) is 0 Å². The van der Waals surface area contributed by atoms with Crippen LogP contribution in [0.5, 0.6) is 0 Å². The van der Waals surface area contributed by atoms with Gasteiger partial charge in [-0.25, -0.2) is 0 Å². The molecule has 1 aromatic carbocycles. The molecule has 0 saturated carbocycles. The van der Waals surface area contributed by atoms with Gasteiger partial charge in [0, 0.05) is 32.1 Å². The van der Waals surface area contributed by atoms with E-state index in [1.54, 1.807) is 7.11 Å². The number of hydrogen-bond donors (Lipinski definition) is 0. The summed E-state index contributed by atoms with van der Waals surface area (Å²) in [6.45, 7) is 3.87. The van der Waals surface area contributed by atoms with Crippen molar-refractivity contribution in [3.05, 3.63) is 42.1 Å². The van der Waals surface area contributed by atoms with Gasteiger partial charge in [0.25, 0.3) is 0 Å². The van der Waals surface area contributed by atoms with Crippen LogP contribution in [0.4, 0.5) is 0 Å². The summed E-state index contributed by atoms with van der Waals surface area (Å²) >= 11 is 0. The molecule has 26 heavy (non-hydrogen) atoms. The summed E-state index contributed by atoms with van der Waals surface area (Å²) in [7, 11) is 1.69. The first-order chi connectivity index (χ1) is 12.7. The third-order valence-corrected chi connectivity index (χ3v) is 5.90. The lowest BCUT2D eigenvalue weighted by atomic mass is 9.85. The Labute approximate surface area is 154 Å². The minimum Gasteiger partial charge on any atom is -0.383 e. The van der Waals surface area contributed by atoms with Crippen LogP contribution in [0.2, 0.25) is 0 Å². The normalized spacial score (nSPS) is 24.0. The first-order valence-electron chi connectivity index (χ1n) is 9.61. The van der Waals surface area contributed by atoms with Crippen molar-refractivity contribution in [1.82, 2.24) is 14.8 Å². The Morgan fingerprint density at radius 3 is 2.77 bits per heavy atom. The minimum atomic E-state index is -0.334. The van der Waals surface area contributed by atoms with Crippen molar-refractivity contribution in [2.24, 2.45) is 0 Å². The number of para-hydroxylation sites is 1. The van der Waals surface area contributed by atoms with Crippen LogP contribution in [-0.4, -0.2) is 59.6 Å². The van der Waals surface area contributed by atoms with E-state index in [0.29, 0.717) is 19.1 Å². The average molecular weight is 353 g/mol. The summed E-state index contributed by atoms with van der Waals surface area (Å²) in [4.78, 5) is 22.5. The van der Waals surface area contributed by atoms with E-state index in [4.69, 9.17) is 9.72 Å². The van der Waals surface area contributed by atoms with Crippen LogP contribution in [0.1, 0.15) is 31.4 Å². The first kappa shape index (κ1) is 17.4. The zero-order chi connectivity index (χ0) is 18.0. The van der Waals surface area contributed by atoms with Crippen molar-refractivity contribution >= 4 is 16.8 Å². The third kappa shape index (κ3) is 3.10. The number of amides is 1. The minimum absolute atomic E-state index is 0.291. The molecule has 2 fully saturated rings. The second-order valence-corrected chi connectivity index (χ2v) is 7.44. The van der Waals surface area contributed by atoms with Crippen LogP contribution in [0.3, 0.4) is 0 Å². The van der Waals surface area contributed by atoms with E-state index >= 15 is 0 Å². The lowest BCUT2D eigenvalue weighted by Gasteiger charge is -2.44. The van der Waals surface area contributed by atoms with Crippen molar-refractivity contribution in [2.45, 2.75) is 37.8 Å². The highest BCUT2D eigenvalue weighted by atomic mass is 16.5. The summed E-state index contributed by atoms with van der Waals surface area (Å²) in [5, 5.41) is 1.16. The summed E-state index contributed by atoms with van der Waals surface area (Å²) < 4.78 is 5.19. The fourth-order valence-electron chi connectivity index (χ4n) is 4.56. The van der Waals surface area contributed by atoms with E-state index in [-0.39, 0.29) is 5.54 Å². The van der Waals surface area contributed by atoms with Gasteiger partial charge in [0.15, 0.2) is 0 Å². The highest BCUT2D eigenvalue weighted by Gasteiger charge is 2.50. The predicted octanol–water partition coefficient (Wildman–Crippen LogP) is 2.84. The quantitative estimate of drug-likeness (QED) is 0.829. The van der Waals surface area contributed by atoms with Gasteiger partial charge in [0.05, 0.1) is 17.8 Å². The summed E-state index contributed by atoms with van der Waals surface area (Å²) in [6.07, 6.45) is 4.07. The van der Waals surface area contributed by atoms with Gasteiger partial charge >= 0.3 is 0 Å². The number of benzene rings is 1. The molecule has 3 heterocycles. The predicted molar refractivity (Wildman–Crippen MR) is 102 cm³/mol. The van der Waals surface area contributed by atoms with Crippen molar-refractivity contribution in [3.63, 3.8) is 0 Å². The van der Waals surface area contributed by atoms with Gasteiger partial charge in [0.1, 0.15) is 5.54 Å². The Morgan fingerprint density at radius 1 is 1.12 bits per heavy atom. The molecule has 1 amide bonds. The van der Waals surface area contributed by atoms with Crippen LogP contribution in [-0.2, 0) is 16.1 Å². The number of nitrogens with zero attached hydrogens (tertiary/aromatic N) is 3. The zero-order valence-corrected chi connectivity index (χ0v) is 15.5. The standard InChI is InChI=1S/C21H27N3O2/c1-26-15-14-23-12-4-10-21(20(23)25)11-5-13-24(21)16-18-9-8-17-6-2-3-7-19(17)22-18/h2-3,6-9H,4-5,10-16H2,1H3. The molecule has 0 aliphatic carbocycles. The van der Waals surface area contributed by atoms with Crippen molar-refractivity contribution < 1.29 is 9.53 Å². The number of carbonyl (C=O) groups is 1. The molecule has 4 rings (SSSR count). The fraction of sp³-hybridized carbons (Fsp3) is 0.524. The molecule has 0 N–H and O–H groups in total. The van der Waals surface area contributed by atoms with E-state index in [9.17, 15) is 4.79 Å². The summed E-state index contributed by atoms with van der Waals surface area (Å²) in [5.41, 5.74) is 1.74. The number of ether oxygens (including phenoxy) is 1. The number of methoxy groups -OCH3 is 1. The maximum Gasteiger partial charge on any atom is 0.243 e. The highest BCUT2D eigenvalue weighted by molar-refractivity contribution is 5.87. The number of hydrogen-bond acceptors (Lipinski definition) is 4. The molecule has 2 aromatic rings. The van der Waals surface area contributed by atoms with Crippen LogP contribution < -0.4 is 0 Å². The molecule has 1 spiro atoms. The first-order valence-corrected chi connectivity index (χ1v) is 9.61. The monoisotopic (exact) mass is 353 g/mol. The highest BCUT2D eigenvalue weighted by Crippen LogP contribution is 2.39. The van der Waals surface area contributed by atoms with Gasteiger partial charge in [0.2, 0.25) is 5.91 Å². The number of aromatic nitrogens is 1. The molecule has 2 aliphatic heterocycles. The molecule has 1 aromatic heterocycles. The molecule has 0 radical (unpaired) electrons. The van der Waals surface area contributed by atoms with Gasteiger partial charge in [-0.2, -0.15) is 0 Å². The lowest BCUT2D eigenvalue weighted by Crippen LogP contribution is -2.60. The molecule has 5 nitrogen and oxygen atoms in total. The Kier molecular flexibility index (Phi) is 4.92. The smallest absolute Gasteiger partial charge is 0.243 e. The lowest BCUT2D eigenvalue weighted by molar-refractivity contribution is -0.148. The average Bonchev–Trinajstić information content (AvgIpc) is 3.06. The maximum absolute atomic E-state index is 13.3. The van der Waals surface area contributed by atoms with Crippen LogP contribution >= 0.6 is 0 Å². The van der Waals surface area contributed by atoms with Gasteiger partial charge in [-0.05, 0) is 44.4 Å². The molecule has 1 unspecified atom stereocenters. The number of piperidine rings is 1. The Balaban J connectivity index is 1.56. The summed E-state index contributed by atoms with van der Waals surface area (Å²) in [5.74, 6) is 0.291. The molecule has 5 heteroatoms. The van der Waals surface area contributed by atoms with E-state index in [2.05, 4.69) is 29.2 Å². The molecular formula is C21H27N3O2. The SMILES string of the molecule is COCCN1CCCC2(CCCN2Cc2ccc3ccccc3n2)C1=O. The maximum atomic E-state index is 13.3. The van der Waals surface area contributed by atoms with Crippen molar-refractivity contribution in [2.75, 3.05) is 33.4 Å². The topological polar surface area (TPSA) is 45.7 Å². The molecule has 2 saturated heterocycles. The van der Waals surface area contributed by atoms with Crippen LogP contribution in [0.15, 0.2) is 36.4 Å². The Hall–Kier alpha value is -1.98. The van der Waals surface area contributed by atoms with E-state index in [1.165, 1.54) is 0 Å². The number of fused-ring (bicyclic) bond motifs is 1. The number of likely N-dealkylation sites (tertiary alicyclic amines) is 2. The molecule has 138 valence electrons. The van der Waals surface area contributed by atoms with Crippen LogP contribution in [0.25, 0.3) is 10.9 Å². The van der Waals surface area contributed by atoms with E-state index in [0.717, 1.165) is 61.9 Å². The van der Waals surface area contributed by atoms with Gasteiger partial charge in [-0.3, -0.25) is 14.7 Å². The van der Waals surface area contributed by atoms with Gasteiger partial charge in [-0.15, -0.1) is 0 Å². The van der Waals surface area contributed by atoms with E-state index in [1.807, 2.05) is 17.0 Å². The number of pyridine rings is 1. The molecule has 0 bridgehead atoms. The molecular weight excluding hydrogens is 326 g/mol. The Bertz CT molecular complexity index is 794. The molecule has 1 atom stereocenters. The third-order valence-electron chi connectivity index (χ3n) is 5.90. The Morgan fingerprint density at radius 2 is 1.92 bits per heavy atom. The van der Waals surface area contributed by atoms with Gasteiger partial charge < -0.3 is 9.64 Å².